The Morgan fingerprint density at radius 3 is 2.23 bits per heavy atom. The number of hydrogen-bond donors (Lipinski definition) is 2. The summed E-state index contributed by atoms with van der Waals surface area (Å²) in [6, 6.07) is 8.40. The Labute approximate surface area is 154 Å². The Kier molecular flexibility index (Phi) is 5.94. The van der Waals surface area contributed by atoms with Gasteiger partial charge in [-0.3, -0.25) is 0 Å². The third-order valence-corrected chi connectivity index (χ3v) is 5.14. The first-order valence-electron chi connectivity index (χ1n) is 8.00. The van der Waals surface area contributed by atoms with E-state index < -0.39 is 27.3 Å². The molecule has 1 aromatic heterocycles. The van der Waals surface area contributed by atoms with Crippen molar-refractivity contribution < 1.29 is 21.4 Å². The summed E-state index contributed by atoms with van der Waals surface area (Å²) in [4.78, 5) is 3.61. The minimum absolute atomic E-state index is 0.192. The summed E-state index contributed by atoms with van der Waals surface area (Å²) in [5.74, 6) is 0.492. The maximum Gasteiger partial charge on any atom is 0.313 e. The van der Waals surface area contributed by atoms with Crippen molar-refractivity contribution in [3.05, 3.63) is 42.6 Å². The lowest BCUT2D eigenvalue weighted by atomic mass is 9.82. The van der Waals surface area contributed by atoms with Gasteiger partial charge in [-0.1, -0.05) is 6.07 Å². The lowest BCUT2D eigenvalue weighted by Crippen LogP contribution is -2.49. The van der Waals surface area contributed by atoms with E-state index in [1.807, 2.05) is 6.07 Å². The van der Waals surface area contributed by atoms with Crippen LogP contribution in [0.1, 0.15) is 27.7 Å². The Hall–Kier alpha value is -1.71. The molecule has 26 heavy (non-hydrogen) atoms. The molecule has 0 amide bonds. The Morgan fingerprint density at radius 1 is 1.08 bits per heavy atom. The first kappa shape index (κ1) is 20.6. The highest BCUT2D eigenvalue weighted by molar-refractivity contribution is 8.20. The largest absolute Gasteiger partial charge is 0.427 e. The summed E-state index contributed by atoms with van der Waals surface area (Å²) in [6.07, 6.45) is 1.58. The SMILES string of the molecule is CC(C)(O)C(C)(C)OBc1cccnc1Nc1ccc(S(F)(F)F)cc1. The lowest BCUT2D eigenvalue weighted by Gasteiger charge is -2.37. The van der Waals surface area contributed by atoms with E-state index in [0.29, 0.717) is 11.5 Å². The van der Waals surface area contributed by atoms with Crippen LogP contribution < -0.4 is 10.8 Å². The summed E-state index contributed by atoms with van der Waals surface area (Å²) in [5.41, 5.74) is -0.607. The highest BCUT2D eigenvalue weighted by Crippen LogP contribution is 2.60. The fourth-order valence-corrected chi connectivity index (χ4v) is 2.38. The van der Waals surface area contributed by atoms with Crippen molar-refractivity contribution in [3.8, 4) is 0 Å². The first-order valence-corrected chi connectivity index (χ1v) is 9.33. The van der Waals surface area contributed by atoms with Crippen molar-refractivity contribution in [2.75, 3.05) is 5.32 Å². The molecule has 0 saturated carbocycles. The summed E-state index contributed by atoms with van der Waals surface area (Å²) < 4.78 is 44.0. The molecule has 0 saturated heterocycles. The van der Waals surface area contributed by atoms with Crippen molar-refractivity contribution in [2.24, 2.45) is 0 Å². The standard InChI is InChI=1S/C17H22BF3N2O2S/c1-16(2,24)17(3,4)25-18-14-6-5-11-22-15(14)23-12-7-9-13(10-8-12)26(19,20)21/h5-11,18,24H,1-4H3,(H,22,23). The zero-order valence-electron chi connectivity index (χ0n) is 15.1. The van der Waals surface area contributed by atoms with Gasteiger partial charge in [0.1, 0.15) is 5.82 Å². The molecule has 0 fully saturated rings. The monoisotopic (exact) mass is 386 g/mol. The molecule has 0 spiro atoms. The molecule has 0 aliphatic carbocycles. The van der Waals surface area contributed by atoms with E-state index in [9.17, 15) is 16.8 Å². The van der Waals surface area contributed by atoms with Crippen LogP contribution in [0.15, 0.2) is 47.5 Å². The molecular formula is C17H22BF3N2O2S. The van der Waals surface area contributed by atoms with Crippen LogP contribution in [0.5, 0.6) is 0 Å². The fraction of sp³-hybridized carbons (Fsp3) is 0.353. The van der Waals surface area contributed by atoms with Gasteiger partial charge in [-0.25, -0.2) is 4.98 Å². The molecule has 0 radical (unpaired) electrons. The average Bonchev–Trinajstić information content (AvgIpc) is 2.53. The van der Waals surface area contributed by atoms with Gasteiger partial charge in [-0.15, -0.1) is 11.7 Å². The van der Waals surface area contributed by atoms with Crippen LogP contribution in [0, 0.1) is 0 Å². The van der Waals surface area contributed by atoms with Crippen LogP contribution in [-0.4, -0.2) is 28.8 Å². The molecule has 1 heterocycles. The minimum atomic E-state index is -5.23. The maximum atomic E-state index is 12.7. The summed E-state index contributed by atoms with van der Waals surface area (Å²) >= 11 is -5.23. The highest BCUT2D eigenvalue weighted by atomic mass is 32.3. The molecule has 0 aliphatic heterocycles. The van der Waals surface area contributed by atoms with Crippen LogP contribution >= 0.6 is 11.2 Å². The number of hydrogen-bond acceptors (Lipinski definition) is 4. The van der Waals surface area contributed by atoms with E-state index in [-0.39, 0.29) is 7.48 Å². The molecule has 2 aromatic rings. The summed E-state index contributed by atoms with van der Waals surface area (Å²) in [6.45, 7) is 6.91. The number of pyridine rings is 1. The third-order valence-electron chi connectivity index (χ3n) is 4.34. The van der Waals surface area contributed by atoms with Gasteiger partial charge in [0.05, 0.1) is 16.1 Å². The smallest absolute Gasteiger partial charge is 0.313 e. The number of halogens is 3. The molecule has 142 valence electrons. The molecule has 4 nitrogen and oxygen atoms in total. The fourth-order valence-electron chi connectivity index (χ4n) is 1.93. The van der Waals surface area contributed by atoms with Gasteiger partial charge >= 0.3 is 7.48 Å². The van der Waals surface area contributed by atoms with Gasteiger partial charge in [0.2, 0.25) is 11.2 Å². The second kappa shape index (κ2) is 7.50. The summed E-state index contributed by atoms with van der Waals surface area (Å²) in [5, 5.41) is 13.2. The molecule has 0 bridgehead atoms. The molecule has 1 aromatic carbocycles. The Morgan fingerprint density at radius 2 is 1.69 bits per heavy atom. The lowest BCUT2D eigenvalue weighted by molar-refractivity contribution is -0.0893. The second-order valence-electron chi connectivity index (χ2n) is 6.92. The number of aromatic nitrogens is 1. The van der Waals surface area contributed by atoms with Gasteiger partial charge < -0.3 is 15.1 Å². The highest BCUT2D eigenvalue weighted by Gasteiger charge is 2.35. The normalized spacial score (nSPS) is 13.4. The minimum Gasteiger partial charge on any atom is -0.427 e. The Balaban J connectivity index is 2.14. The van der Waals surface area contributed by atoms with Crippen molar-refractivity contribution in [3.63, 3.8) is 0 Å². The van der Waals surface area contributed by atoms with Crippen molar-refractivity contribution >= 4 is 35.6 Å². The van der Waals surface area contributed by atoms with Gasteiger partial charge in [-0.05, 0) is 63.5 Å². The zero-order valence-corrected chi connectivity index (χ0v) is 15.9. The number of nitrogens with zero attached hydrogens (tertiary/aromatic N) is 1. The first-order chi connectivity index (χ1) is 11.9. The maximum absolute atomic E-state index is 12.7. The van der Waals surface area contributed by atoms with Gasteiger partial charge in [0.15, 0.2) is 0 Å². The van der Waals surface area contributed by atoms with E-state index in [1.165, 1.54) is 12.1 Å². The van der Waals surface area contributed by atoms with Crippen LogP contribution in [0.4, 0.5) is 23.2 Å². The van der Waals surface area contributed by atoms with Crippen LogP contribution in [-0.2, 0) is 4.65 Å². The molecule has 2 N–H and O–H groups in total. The zero-order chi connectivity index (χ0) is 19.6. The molecule has 9 heteroatoms. The van der Waals surface area contributed by atoms with Gasteiger partial charge in [-0.2, -0.15) is 0 Å². The number of aliphatic hydroxyl groups is 1. The van der Waals surface area contributed by atoms with Crippen molar-refractivity contribution in [2.45, 2.75) is 43.8 Å². The van der Waals surface area contributed by atoms with Gasteiger partial charge in [0, 0.05) is 11.9 Å². The molecule has 0 aliphatic rings. The molecule has 2 rings (SSSR count). The van der Waals surface area contributed by atoms with Crippen LogP contribution in [0.25, 0.3) is 0 Å². The molecule has 0 unspecified atom stereocenters. The molecule has 0 atom stereocenters. The average molecular weight is 386 g/mol. The van der Waals surface area contributed by atoms with Crippen molar-refractivity contribution in [1.82, 2.24) is 4.98 Å². The number of rotatable bonds is 7. The van der Waals surface area contributed by atoms with E-state index in [0.717, 1.165) is 17.6 Å². The third kappa shape index (κ3) is 5.15. The summed E-state index contributed by atoms with van der Waals surface area (Å²) in [7, 11) is 0.192. The van der Waals surface area contributed by atoms with Crippen molar-refractivity contribution in [1.29, 1.82) is 0 Å². The topological polar surface area (TPSA) is 54.4 Å². The number of nitrogens with one attached hydrogen (secondary N) is 1. The van der Waals surface area contributed by atoms with Gasteiger partial charge in [0.25, 0.3) is 0 Å². The predicted octanol–water partition coefficient (Wildman–Crippen LogP) is 4.19. The second-order valence-corrected chi connectivity index (χ2v) is 8.21. The Bertz CT molecular complexity index is 747. The quantitative estimate of drug-likeness (QED) is 0.701. The van der Waals surface area contributed by atoms with E-state index >= 15 is 0 Å². The van der Waals surface area contributed by atoms with Crippen LogP contribution in [0.3, 0.4) is 0 Å². The number of benzene rings is 1. The van der Waals surface area contributed by atoms with E-state index in [4.69, 9.17) is 4.65 Å². The number of anilines is 2. The van der Waals surface area contributed by atoms with Crippen LogP contribution in [0.2, 0.25) is 0 Å². The van der Waals surface area contributed by atoms with E-state index in [1.54, 1.807) is 40.0 Å². The van der Waals surface area contributed by atoms with E-state index in [2.05, 4.69) is 10.3 Å². The molecular weight excluding hydrogens is 364 g/mol. The predicted molar refractivity (Wildman–Crippen MR) is 101 cm³/mol.